The molecule has 0 saturated heterocycles. The summed E-state index contributed by atoms with van der Waals surface area (Å²) in [7, 11) is 0. The summed E-state index contributed by atoms with van der Waals surface area (Å²) >= 11 is 5.86. The Kier molecular flexibility index (Phi) is 3.17. The van der Waals surface area contributed by atoms with Crippen molar-refractivity contribution in [3.63, 3.8) is 0 Å². The Morgan fingerprint density at radius 1 is 1.54 bits per heavy atom. The Labute approximate surface area is 83.3 Å². The van der Waals surface area contributed by atoms with E-state index < -0.39 is 0 Å². The molecule has 0 aliphatic rings. The molecule has 1 rings (SSSR count). The van der Waals surface area contributed by atoms with Crippen molar-refractivity contribution in [3.8, 4) is 5.75 Å². The third-order valence-electron chi connectivity index (χ3n) is 2.13. The van der Waals surface area contributed by atoms with E-state index in [2.05, 4.69) is 0 Å². The maximum absolute atomic E-state index is 9.68. The van der Waals surface area contributed by atoms with E-state index >= 15 is 0 Å². The van der Waals surface area contributed by atoms with Crippen molar-refractivity contribution in [2.75, 3.05) is 0 Å². The second-order valence-corrected chi connectivity index (χ2v) is 3.61. The molecule has 2 nitrogen and oxygen atoms in total. The van der Waals surface area contributed by atoms with Crippen molar-refractivity contribution in [2.45, 2.75) is 26.3 Å². The van der Waals surface area contributed by atoms with Crippen LogP contribution in [0.1, 0.15) is 30.5 Å². The number of phenols is 1. The molecule has 0 fully saturated rings. The predicted octanol–water partition coefficient (Wildman–Crippen LogP) is 2.76. The lowest BCUT2D eigenvalue weighted by molar-refractivity contribution is 0.456. The average molecular weight is 200 g/mol. The molecule has 0 bridgehead atoms. The lowest BCUT2D eigenvalue weighted by Gasteiger charge is -2.13. The van der Waals surface area contributed by atoms with E-state index in [-0.39, 0.29) is 11.8 Å². The molecule has 0 aromatic heterocycles. The summed E-state index contributed by atoms with van der Waals surface area (Å²) in [5.74, 6) is 0.263. The van der Waals surface area contributed by atoms with Crippen LogP contribution < -0.4 is 5.73 Å². The van der Waals surface area contributed by atoms with Gasteiger partial charge >= 0.3 is 0 Å². The van der Waals surface area contributed by atoms with Crippen LogP contribution in [-0.4, -0.2) is 5.11 Å². The molecule has 0 aliphatic heterocycles. The molecule has 0 aliphatic carbocycles. The maximum atomic E-state index is 9.68. The van der Waals surface area contributed by atoms with E-state index in [1.54, 1.807) is 12.1 Å². The SMILES string of the molecule is CCC(N)c1cc(Cl)cc(C)c1O. The van der Waals surface area contributed by atoms with Crippen molar-refractivity contribution >= 4 is 11.6 Å². The van der Waals surface area contributed by atoms with Gasteiger partial charge < -0.3 is 10.8 Å². The highest BCUT2D eigenvalue weighted by Crippen LogP contribution is 2.31. The highest BCUT2D eigenvalue weighted by molar-refractivity contribution is 6.30. The summed E-state index contributed by atoms with van der Waals surface area (Å²) in [5, 5.41) is 10.3. The van der Waals surface area contributed by atoms with Gasteiger partial charge in [-0.15, -0.1) is 0 Å². The Bertz CT molecular complexity index is 312. The van der Waals surface area contributed by atoms with Gasteiger partial charge in [0.25, 0.3) is 0 Å². The molecule has 1 aromatic carbocycles. The number of aromatic hydroxyl groups is 1. The van der Waals surface area contributed by atoms with Gasteiger partial charge in [-0.2, -0.15) is 0 Å². The Morgan fingerprint density at radius 2 is 2.15 bits per heavy atom. The number of hydrogen-bond donors (Lipinski definition) is 2. The van der Waals surface area contributed by atoms with E-state index in [0.717, 1.165) is 17.5 Å². The van der Waals surface area contributed by atoms with E-state index in [0.29, 0.717) is 5.02 Å². The van der Waals surface area contributed by atoms with Crippen LogP contribution in [0.4, 0.5) is 0 Å². The number of rotatable bonds is 2. The normalized spacial score (nSPS) is 12.9. The molecule has 0 heterocycles. The van der Waals surface area contributed by atoms with Gasteiger partial charge in [-0.25, -0.2) is 0 Å². The first kappa shape index (κ1) is 10.4. The molecule has 0 spiro atoms. The lowest BCUT2D eigenvalue weighted by atomic mass is 10.0. The molecule has 3 N–H and O–H groups in total. The summed E-state index contributed by atoms with van der Waals surface area (Å²) in [6, 6.07) is 3.30. The number of halogens is 1. The fourth-order valence-corrected chi connectivity index (χ4v) is 1.55. The average Bonchev–Trinajstić information content (AvgIpc) is 2.10. The van der Waals surface area contributed by atoms with E-state index in [9.17, 15) is 5.11 Å². The van der Waals surface area contributed by atoms with Crippen LogP contribution in [0.5, 0.6) is 5.75 Å². The fourth-order valence-electron chi connectivity index (χ4n) is 1.26. The fraction of sp³-hybridized carbons (Fsp3) is 0.400. The van der Waals surface area contributed by atoms with Crippen LogP contribution in [0.2, 0.25) is 5.02 Å². The third-order valence-corrected chi connectivity index (χ3v) is 2.35. The van der Waals surface area contributed by atoms with Gasteiger partial charge in [0.2, 0.25) is 0 Å². The number of aryl methyl sites for hydroxylation is 1. The molecule has 0 radical (unpaired) electrons. The zero-order valence-electron chi connectivity index (χ0n) is 7.84. The minimum Gasteiger partial charge on any atom is -0.507 e. The van der Waals surface area contributed by atoms with Crippen molar-refractivity contribution in [1.29, 1.82) is 0 Å². The van der Waals surface area contributed by atoms with Gasteiger partial charge in [0.05, 0.1) is 0 Å². The summed E-state index contributed by atoms with van der Waals surface area (Å²) in [6.45, 7) is 3.79. The highest BCUT2D eigenvalue weighted by atomic mass is 35.5. The van der Waals surface area contributed by atoms with Crippen molar-refractivity contribution in [3.05, 3.63) is 28.3 Å². The standard InChI is InChI=1S/C10H14ClNO/c1-3-9(12)8-5-7(11)4-6(2)10(8)13/h4-5,9,13H,3,12H2,1-2H3. The minimum absolute atomic E-state index is 0.141. The minimum atomic E-state index is -0.141. The van der Waals surface area contributed by atoms with Gasteiger partial charge in [0.1, 0.15) is 5.75 Å². The van der Waals surface area contributed by atoms with E-state index in [1.165, 1.54) is 0 Å². The lowest BCUT2D eigenvalue weighted by Crippen LogP contribution is -2.09. The topological polar surface area (TPSA) is 46.2 Å². The zero-order chi connectivity index (χ0) is 10.0. The summed E-state index contributed by atoms with van der Waals surface area (Å²) < 4.78 is 0. The van der Waals surface area contributed by atoms with Gasteiger partial charge in [-0.05, 0) is 31.0 Å². The molecule has 1 unspecified atom stereocenters. The summed E-state index contributed by atoms with van der Waals surface area (Å²) in [6.07, 6.45) is 0.785. The number of phenolic OH excluding ortho intramolecular Hbond substituents is 1. The molecule has 0 amide bonds. The van der Waals surface area contributed by atoms with Crippen LogP contribution in [0.15, 0.2) is 12.1 Å². The highest BCUT2D eigenvalue weighted by Gasteiger charge is 2.11. The first-order chi connectivity index (χ1) is 6.06. The van der Waals surface area contributed by atoms with Gasteiger partial charge in [0, 0.05) is 16.6 Å². The molecule has 1 atom stereocenters. The first-order valence-corrected chi connectivity index (χ1v) is 4.68. The van der Waals surface area contributed by atoms with E-state index in [1.807, 2.05) is 13.8 Å². The Hall–Kier alpha value is -0.730. The van der Waals surface area contributed by atoms with Gasteiger partial charge in [0.15, 0.2) is 0 Å². The first-order valence-electron chi connectivity index (χ1n) is 4.30. The molecule has 72 valence electrons. The molecule has 13 heavy (non-hydrogen) atoms. The van der Waals surface area contributed by atoms with Crippen LogP contribution >= 0.6 is 11.6 Å². The number of nitrogens with two attached hydrogens (primary N) is 1. The second kappa shape index (κ2) is 3.99. The van der Waals surface area contributed by atoms with Crippen molar-refractivity contribution in [1.82, 2.24) is 0 Å². The van der Waals surface area contributed by atoms with Crippen LogP contribution in [0.3, 0.4) is 0 Å². The quantitative estimate of drug-likeness (QED) is 0.770. The number of benzene rings is 1. The van der Waals surface area contributed by atoms with Crippen molar-refractivity contribution in [2.24, 2.45) is 5.73 Å². The van der Waals surface area contributed by atoms with Crippen LogP contribution in [0, 0.1) is 6.92 Å². The molecule has 0 saturated carbocycles. The molecule has 3 heteroatoms. The zero-order valence-corrected chi connectivity index (χ0v) is 8.60. The Balaban J connectivity index is 3.20. The van der Waals surface area contributed by atoms with Crippen LogP contribution in [-0.2, 0) is 0 Å². The van der Waals surface area contributed by atoms with Crippen LogP contribution in [0.25, 0.3) is 0 Å². The smallest absolute Gasteiger partial charge is 0.123 e. The monoisotopic (exact) mass is 199 g/mol. The van der Waals surface area contributed by atoms with Gasteiger partial charge in [-0.1, -0.05) is 18.5 Å². The number of hydrogen-bond acceptors (Lipinski definition) is 2. The van der Waals surface area contributed by atoms with Crippen molar-refractivity contribution < 1.29 is 5.11 Å². The third kappa shape index (κ3) is 2.14. The Morgan fingerprint density at radius 3 is 2.69 bits per heavy atom. The summed E-state index contributed by atoms with van der Waals surface area (Å²) in [4.78, 5) is 0. The van der Waals surface area contributed by atoms with Gasteiger partial charge in [-0.3, -0.25) is 0 Å². The molecular weight excluding hydrogens is 186 g/mol. The summed E-state index contributed by atoms with van der Waals surface area (Å²) in [5.41, 5.74) is 7.31. The largest absolute Gasteiger partial charge is 0.507 e. The second-order valence-electron chi connectivity index (χ2n) is 3.18. The predicted molar refractivity (Wildman–Crippen MR) is 55.1 cm³/mol. The maximum Gasteiger partial charge on any atom is 0.123 e. The molecular formula is C10H14ClNO. The molecule has 1 aromatic rings. The van der Waals surface area contributed by atoms with E-state index in [4.69, 9.17) is 17.3 Å².